The van der Waals surface area contributed by atoms with Gasteiger partial charge in [-0.25, -0.2) is 0 Å². The van der Waals surface area contributed by atoms with Gasteiger partial charge in [-0.3, -0.25) is 0 Å². The molecule has 0 saturated carbocycles. The Balaban J connectivity index is 2.16. The molecule has 1 N–H and O–H groups in total. The first-order valence-electron chi connectivity index (χ1n) is 5.80. The van der Waals surface area contributed by atoms with Gasteiger partial charge < -0.3 is 10.2 Å². The first kappa shape index (κ1) is 12.0. The summed E-state index contributed by atoms with van der Waals surface area (Å²) in [4.78, 5) is 2.58. The summed E-state index contributed by atoms with van der Waals surface area (Å²) in [7, 11) is 2.03. The summed E-state index contributed by atoms with van der Waals surface area (Å²) in [5.74, 6) is 1.69. The Bertz CT molecular complexity index is 166. The van der Waals surface area contributed by atoms with E-state index in [-0.39, 0.29) is 0 Å². The quantitative estimate of drug-likeness (QED) is 0.741. The number of hydrogen-bond acceptors (Lipinski definition) is 2. The van der Waals surface area contributed by atoms with Crippen molar-refractivity contribution in [2.45, 2.75) is 27.7 Å². The zero-order valence-electron chi connectivity index (χ0n) is 10.4. The molecule has 14 heavy (non-hydrogen) atoms. The van der Waals surface area contributed by atoms with Gasteiger partial charge in [0.2, 0.25) is 0 Å². The lowest BCUT2D eigenvalue weighted by atomic mass is 9.76. The minimum Gasteiger partial charge on any atom is -0.319 e. The Kier molecular flexibility index (Phi) is 3.96. The highest BCUT2D eigenvalue weighted by molar-refractivity contribution is 4.88. The average molecular weight is 198 g/mol. The zero-order valence-corrected chi connectivity index (χ0v) is 10.4. The van der Waals surface area contributed by atoms with Gasteiger partial charge in [0.05, 0.1) is 0 Å². The molecule has 2 nitrogen and oxygen atoms in total. The maximum absolute atomic E-state index is 3.24. The highest BCUT2D eigenvalue weighted by Gasteiger charge is 2.35. The van der Waals surface area contributed by atoms with E-state index in [1.807, 2.05) is 7.05 Å². The molecule has 0 aromatic heterocycles. The number of likely N-dealkylation sites (tertiary alicyclic amines) is 1. The summed E-state index contributed by atoms with van der Waals surface area (Å²) in [5.41, 5.74) is 0.503. The molecule has 1 atom stereocenters. The van der Waals surface area contributed by atoms with Crippen molar-refractivity contribution in [1.29, 1.82) is 0 Å². The summed E-state index contributed by atoms with van der Waals surface area (Å²) in [6.07, 6.45) is 0. The van der Waals surface area contributed by atoms with E-state index in [0.29, 0.717) is 5.41 Å². The summed E-state index contributed by atoms with van der Waals surface area (Å²) in [5, 5.41) is 3.24. The van der Waals surface area contributed by atoms with Gasteiger partial charge >= 0.3 is 0 Å². The van der Waals surface area contributed by atoms with Gasteiger partial charge in [0.25, 0.3) is 0 Å². The number of rotatable bonds is 4. The number of nitrogens with zero attached hydrogens (tertiary/aromatic N) is 1. The highest BCUT2D eigenvalue weighted by atomic mass is 15.2. The topological polar surface area (TPSA) is 15.3 Å². The maximum Gasteiger partial charge on any atom is 0.00272 e. The largest absolute Gasteiger partial charge is 0.319 e. The third-order valence-corrected chi connectivity index (χ3v) is 3.30. The van der Waals surface area contributed by atoms with E-state index in [1.165, 1.54) is 19.6 Å². The van der Waals surface area contributed by atoms with Crippen LogP contribution in [0.3, 0.4) is 0 Å². The van der Waals surface area contributed by atoms with Crippen molar-refractivity contribution >= 4 is 0 Å². The van der Waals surface area contributed by atoms with Crippen molar-refractivity contribution in [2.24, 2.45) is 17.3 Å². The van der Waals surface area contributed by atoms with Crippen LogP contribution in [0.5, 0.6) is 0 Å². The lowest BCUT2D eigenvalue weighted by Crippen LogP contribution is -2.53. The van der Waals surface area contributed by atoms with Crippen molar-refractivity contribution < 1.29 is 0 Å². The number of hydrogen-bond donors (Lipinski definition) is 1. The van der Waals surface area contributed by atoms with Gasteiger partial charge in [0, 0.05) is 19.6 Å². The van der Waals surface area contributed by atoms with Gasteiger partial charge in [-0.1, -0.05) is 27.7 Å². The lowest BCUT2D eigenvalue weighted by Gasteiger charge is -2.47. The molecule has 1 aliphatic heterocycles. The second kappa shape index (κ2) is 4.63. The van der Waals surface area contributed by atoms with Crippen molar-refractivity contribution in [3.8, 4) is 0 Å². The van der Waals surface area contributed by atoms with E-state index >= 15 is 0 Å². The van der Waals surface area contributed by atoms with E-state index in [2.05, 4.69) is 37.9 Å². The number of nitrogens with one attached hydrogen (secondary N) is 1. The van der Waals surface area contributed by atoms with Gasteiger partial charge in [-0.15, -0.1) is 0 Å². The van der Waals surface area contributed by atoms with Crippen LogP contribution in [0.15, 0.2) is 0 Å². The third-order valence-electron chi connectivity index (χ3n) is 3.30. The van der Waals surface area contributed by atoms with Crippen LogP contribution >= 0.6 is 0 Å². The van der Waals surface area contributed by atoms with E-state index in [4.69, 9.17) is 0 Å². The Morgan fingerprint density at radius 2 is 1.93 bits per heavy atom. The molecule has 1 saturated heterocycles. The maximum atomic E-state index is 3.24. The summed E-state index contributed by atoms with van der Waals surface area (Å²) in [6, 6.07) is 0. The fraction of sp³-hybridized carbons (Fsp3) is 1.00. The normalized spacial score (nSPS) is 22.1. The molecule has 84 valence electrons. The van der Waals surface area contributed by atoms with Crippen LogP contribution in [0.25, 0.3) is 0 Å². The Labute approximate surface area is 89.1 Å². The van der Waals surface area contributed by atoms with Crippen molar-refractivity contribution in [3.05, 3.63) is 0 Å². The summed E-state index contributed by atoms with van der Waals surface area (Å²) >= 11 is 0. The Hall–Kier alpha value is -0.0800. The fourth-order valence-corrected chi connectivity index (χ4v) is 2.12. The molecule has 2 heteroatoms. The first-order valence-corrected chi connectivity index (χ1v) is 5.80. The monoisotopic (exact) mass is 198 g/mol. The molecule has 1 rings (SSSR count). The molecular weight excluding hydrogens is 172 g/mol. The molecule has 1 unspecified atom stereocenters. The molecule has 1 aliphatic rings. The molecule has 0 aliphatic carbocycles. The molecule has 1 fully saturated rings. The van der Waals surface area contributed by atoms with Crippen LogP contribution in [-0.2, 0) is 0 Å². The van der Waals surface area contributed by atoms with Crippen LogP contribution in [0.2, 0.25) is 0 Å². The van der Waals surface area contributed by atoms with E-state index in [0.717, 1.165) is 18.4 Å². The summed E-state index contributed by atoms with van der Waals surface area (Å²) in [6.45, 7) is 14.4. The van der Waals surface area contributed by atoms with Gasteiger partial charge in [0.1, 0.15) is 0 Å². The predicted octanol–water partition coefficient (Wildman–Crippen LogP) is 1.82. The molecule has 1 heterocycles. The molecule has 0 aromatic carbocycles. The SMILES string of the molecule is CNCC(C)CN1CC(C(C)(C)C)C1. The molecular formula is C12H26N2. The fourth-order valence-electron chi connectivity index (χ4n) is 2.12. The lowest BCUT2D eigenvalue weighted by molar-refractivity contribution is 0.0158. The van der Waals surface area contributed by atoms with Gasteiger partial charge in [-0.2, -0.15) is 0 Å². The average Bonchev–Trinajstić information content (AvgIpc) is 1.94. The zero-order chi connectivity index (χ0) is 10.8. The summed E-state index contributed by atoms with van der Waals surface area (Å²) < 4.78 is 0. The third kappa shape index (κ3) is 3.25. The second-order valence-electron chi connectivity index (χ2n) is 5.94. The molecule has 0 spiro atoms. The molecule has 0 amide bonds. The smallest absolute Gasteiger partial charge is 0.00272 e. The molecule has 0 bridgehead atoms. The second-order valence-corrected chi connectivity index (χ2v) is 5.94. The van der Waals surface area contributed by atoms with E-state index in [9.17, 15) is 0 Å². The molecule has 0 radical (unpaired) electrons. The predicted molar refractivity (Wildman–Crippen MR) is 62.5 cm³/mol. The van der Waals surface area contributed by atoms with Crippen LogP contribution < -0.4 is 5.32 Å². The van der Waals surface area contributed by atoms with Gasteiger partial charge in [0.15, 0.2) is 0 Å². The van der Waals surface area contributed by atoms with E-state index in [1.54, 1.807) is 0 Å². The van der Waals surface area contributed by atoms with E-state index < -0.39 is 0 Å². The minimum absolute atomic E-state index is 0.503. The standard InChI is InChI=1S/C12H26N2/c1-10(6-13-5)7-14-8-11(9-14)12(2,3)4/h10-11,13H,6-9H2,1-5H3. The Morgan fingerprint density at radius 3 is 2.36 bits per heavy atom. The van der Waals surface area contributed by atoms with Crippen molar-refractivity contribution in [1.82, 2.24) is 10.2 Å². The van der Waals surface area contributed by atoms with Gasteiger partial charge in [-0.05, 0) is 30.8 Å². The van der Waals surface area contributed by atoms with Crippen molar-refractivity contribution in [2.75, 3.05) is 33.2 Å². The Morgan fingerprint density at radius 1 is 1.36 bits per heavy atom. The van der Waals surface area contributed by atoms with Crippen LogP contribution in [0.1, 0.15) is 27.7 Å². The highest BCUT2D eigenvalue weighted by Crippen LogP contribution is 2.33. The van der Waals surface area contributed by atoms with Crippen LogP contribution in [0.4, 0.5) is 0 Å². The minimum atomic E-state index is 0.503. The van der Waals surface area contributed by atoms with Crippen LogP contribution in [-0.4, -0.2) is 38.1 Å². The first-order chi connectivity index (χ1) is 6.43. The van der Waals surface area contributed by atoms with Crippen molar-refractivity contribution in [3.63, 3.8) is 0 Å². The van der Waals surface area contributed by atoms with Crippen LogP contribution in [0, 0.1) is 17.3 Å². The molecule has 0 aromatic rings.